The van der Waals surface area contributed by atoms with Gasteiger partial charge in [0.25, 0.3) is 0 Å². The number of anilines is 2. The van der Waals surface area contributed by atoms with Crippen LogP contribution in [0.5, 0.6) is 11.5 Å². The second-order valence-corrected chi connectivity index (χ2v) is 6.58. The van der Waals surface area contributed by atoms with Crippen LogP contribution in [0, 0.1) is 0 Å². The Morgan fingerprint density at radius 2 is 1.58 bits per heavy atom. The Hall–Kier alpha value is -2.69. The Balaban J connectivity index is 1.80. The van der Waals surface area contributed by atoms with E-state index in [1.54, 1.807) is 0 Å². The van der Waals surface area contributed by atoms with Gasteiger partial charge in [-0.15, -0.1) is 0 Å². The molecule has 0 fully saturated rings. The molecule has 0 saturated heterocycles. The fourth-order valence-electron chi connectivity index (χ4n) is 2.38. The lowest BCUT2D eigenvalue weighted by Gasteiger charge is -2.15. The van der Waals surface area contributed by atoms with Crippen LogP contribution in [0.4, 0.5) is 11.4 Å². The molecule has 2 aromatic carbocycles. The maximum Gasteiger partial charge on any atom is 0.226 e. The van der Waals surface area contributed by atoms with Crippen LogP contribution in [0.25, 0.3) is 0 Å². The van der Waals surface area contributed by atoms with Gasteiger partial charge in [0.05, 0.1) is 17.9 Å². The molecule has 0 aliphatic heterocycles. The number of carbonyl (C=O) groups is 1. The van der Waals surface area contributed by atoms with Crippen molar-refractivity contribution in [3.8, 4) is 11.5 Å². The molecule has 0 spiro atoms. The van der Waals surface area contributed by atoms with Gasteiger partial charge < -0.3 is 20.1 Å². The lowest BCUT2D eigenvalue weighted by Crippen LogP contribution is -2.17. The van der Waals surface area contributed by atoms with E-state index in [1.165, 1.54) is 0 Å². The van der Waals surface area contributed by atoms with Gasteiger partial charge >= 0.3 is 0 Å². The highest BCUT2D eigenvalue weighted by Crippen LogP contribution is 2.25. The van der Waals surface area contributed by atoms with E-state index >= 15 is 0 Å². The maximum atomic E-state index is 12.2. The summed E-state index contributed by atoms with van der Waals surface area (Å²) in [4.78, 5) is 12.2. The van der Waals surface area contributed by atoms with Crippen molar-refractivity contribution in [3.63, 3.8) is 0 Å². The zero-order valence-corrected chi connectivity index (χ0v) is 15.9. The number of para-hydroxylation sites is 2. The van der Waals surface area contributed by atoms with Crippen LogP contribution in [0.2, 0.25) is 0 Å². The third-order valence-electron chi connectivity index (χ3n) is 3.43. The van der Waals surface area contributed by atoms with Crippen molar-refractivity contribution in [2.75, 3.05) is 17.2 Å². The molecular formula is C21H28N2O3. The zero-order chi connectivity index (χ0) is 18.9. The number of rotatable bonds is 9. The molecule has 0 radical (unpaired) electrons. The molecule has 0 aliphatic carbocycles. The van der Waals surface area contributed by atoms with Crippen molar-refractivity contribution >= 4 is 17.3 Å². The summed E-state index contributed by atoms with van der Waals surface area (Å²) < 4.78 is 11.3. The van der Waals surface area contributed by atoms with Crippen molar-refractivity contribution in [2.24, 2.45) is 0 Å². The van der Waals surface area contributed by atoms with E-state index in [0.29, 0.717) is 24.4 Å². The number of hydrogen-bond acceptors (Lipinski definition) is 4. The van der Waals surface area contributed by atoms with Gasteiger partial charge in [-0.2, -0.15) is 0 Å². The Morgan fingerprint density at radius 3 is 2.23 bits per heavy atom. The highest BCUT2D eigenvalue weighted by molar-refractivity contribution is 5.92. The first-order valence-electron chi connectivity index (χ1n) is 9.00. The SMILES string of the molecule is CC(C)Oc1ccc(NCCC(=O)Nc2ccccc2OC(C)C)cc1. The predicted octanol–water partition coefficient (Wildman–Crippen LogP) is 4.70. The predicted molar refractivity (Wildman–Crippen MR) is 106 cm³/mol. The normalized spacial score (nSPS) is 10.7. The van der Waals surface area contributed by atoms with Crippen LogP contribution < -0.4 is 20.1 Å². The summed E-state index contributed by atoms with van der Waals surface area (Å²) in [7, 11) is 0. The standard InChI is InChI=1S/C21H28N2O3/c1-15(2)25-18-11-9-17(10-12-18)22-14-13-21(24)23-19-7-5-6-8-20(19)26-16(3)4/h5-12,15-16,22H,13-14H2,1-4H3,(H,23,24). The number of carbonyl (C=O) groups excluding carboxylic acids is 1. The van der Waals surface area contributed by atoms with Crippen molar-refractivity contribution < 1.29 is 14.3 Å². The molecule has 0 atom stereocenters. The van der Waals surface area contributed by atoms with Crippen molar-refractivity contribution in [2.45, 2.75) is 46.3 Å². The van der Waals surface area contributed by atoms with Gasteiger partial charge in [-0.25, -0.2) is 0 Å². The number of amides is 1. The van der Waals surface area contributed by atoms with Gasteiger partial charge in [0, 0.05) is 18.7 Å². The van der Waals surface area contributed by atoms with E-state index in [4.69, 9.17) is 9.47 Å². The fraction of sp³-hybridized carbons (Fsp3) is 0.381. The molecule has 26 heavy (non-hydrogen) atoms. The lowest BCUT2D eigenvalue weighted by atomic mass is 10.2. The van der Waals surface area contributed by atoms with Gasteiger partial charge in [0.1, 0.15) is 11.5 Å². The van der Waals surface area contributed by atoms with Gasteiger partial charge in [-0.3, -0.25) is 4.79 Å². The summed E-state index contributed by atoms with van der Waals surface area (Å²) in [5.74, 6) is 1.46. The molecule has 2 rings (SSSR count). The van der Waals surface area contributed by atoms with Crippen molar-refractivity contribution in [1.82, 2.24) is 0 Å². The molecule has 0 aliphatic rings. The summed E-state index contributed by atoms with van der Waals surface area (Å²) in [5.41, 5.74) is 1.65. The topological polar surface area (TPSA) is 59.6 Å². The van der Waals surface area contributed by atoms with Crippen molar-refractivity contribution in [3.05, 3.63) is 48.5 Å². The van der Waals surface area contributed by atoms with Crippen molar-refractivity contribution in [1.29, 1.82) is 0 Å². The lowest BCUT2D eigenvalue weighted by molar-refractivity contribution is -0.116. The summed E-state index contributed by atoms with van der Waals surface area (Å²) in [6.45, 7) is 8.45. The summed E-state index contributed by atoms with van der Waals surface area (Å²) >= 11 is 0. The molecule has 0 bridgehead atoms. The van der Waals surface area contributed by atoms with E-state index in [2.05, 4.69) is 10.6 Å². The van der Waals surface area contributed by atoms with E-state index in [9.17, 15) is 4.79 Å². The van der Waals surface area contributed by atoms with Crippen LogP contribution >= 0.6 is 0 Å². The number of nitrogens with one attached hydrogen (secondary N) is 2. The molecule has 5 nitrogen and oxygen atoms in total. The number of hydrogen-bond donors (Lipinski definition) is 2. The zero-order valence-electron chi connectivity index (χ0n) is 15.9. The summed E-state index contributed by atoms with van der Waals surface area (Å²) in [6, 6.07) is 15.2. The molecule has 5 heteroatoms. The first-order chi connectivity index (χ1) is 12.4. The van der Waals surface area contributed by atoms with Gasteiger partial charge in [-0.05, 0) is 64.1 Å². The Bertz CT molecular complexity index is 697. The highest BCUT2D eigenvalue weighted by atomic mass is 16.5. The molecule has 2 aromatic rings. The fourth-order valence-corrected chi connectivity index (χ4v) is 2.38. The molecule has 1 amide bonds. The average Bonchev–Trinajstić information content (AvgIpc) is 2.57. The summed E-state index contributed by atoms with van der Waals surface area (Å²) in [5, 5.41) is 6.15. The van der Waals surface area contributed by atoms with Crippen LogP contribution in [-0.2, 0) is 4.79 Å². The van der Waals surface area contributed by atoms with E-state index in [0.717, 1.165) is 11.4 Å². The molecule has 0 heterocycles. The molecule has 0 saturated carbocycles. The maximum absolute atomic E-state index is 12.2. The van der Waals surface area contributed by atoms with Crippen LogP contribution in [0.1, 0.15) is 34.1 Å². The monoisotopic (exact) mass is 356 g/mol. The second kappa shape index (κ2) is 9.70. The summed E-state index contributed by atoms with van der Waals surface area (Å²) in [6.07, 6.45) is 0.567. The van der Waals surface area contributed by atoms with Crippen LogP contribution in [-0.4, -0.2) is 24.7 Å². The number of ether oxygens (including phenoxy) is 2. The number of benzene rings is 2. The van der Waals surface area contributed by atoms with E-state index in [1.807, 2.05) is 76.2 Å². The first kappa shape index (κ1) is 19.6. The Labute approximate surface area is 155 Å². The first-order valence-corrected chi connectivity index (χ1v) is 9.00. The third-order valence-corrected chi connectivity index (χ3v) is 3.43. The minimum absolute atomic E-state index is 0.0531. The van der Waals surface area contributed by atoms with Crippen LogP contribution in [0.15, 0.2) is 48.5 Å². The van der Waals surface area contributed by atoms with E-state index in [-0.39, 0.29) is 18.1 Å². The van der Waals surface area contributed by atoms with Gasteiger partial charge in [0.2, 0.25) is 5.91 Å². The average molecular weight is 356 g/mol. The molecular weight excluding hydrogens is 328 g/mol. The molecule has 140 valence electrons. The largest absolute Gasteiger partial charge is 0.491 e. The minimum atomic E-state index is -0.0583. The van der Waals surface area contributed by atoms with Gasteiger partial charge in [0.15, 0.2) is 0 Å². The van der Waals surface area contributed by atoms with Crippen LogP contribution in [0.3, 0.4) is 0 Å². The van der Waals surface area contributed by atoms with E-state index < -0.39 is 0 Å². The second-order valence-electron chi connectivity index (χ2n) is 6.58. The third kappa shape index (κ3) is 6.67. The minimum Gasteiger partial charge on any atom is -0.491 e. The highest BCUT2D eigenvalue weighted by Gasteiger charge is 2.08. The Kier molecular flexibility index (Phi) is 7.33. The quantitative estimate of drug-likeness (QED) is 0.684. The smallest absolute Gasteiger partial charge is 0.226 e. The van der Waals surface area contributed by atoms with Gasteiger partial charge in [-0.1, -0.05) is 12.1 Å². The molecule has 0 aromatic heterocycles. The molecule has 2 N–H and O–H groups in total. The molecule has 0 unspecified atom stereocenters. The Morgan fingerprint density at radius 1 is 0.923 bits per heavy atom.